The third-order valence-electron chi connectivity index (χ3n) is 3.33. The largest absolute Gasteiger partial charge is 0.449 e. The van der Waals surface area contributed by atoms with E-state index in [1.54, 1.807) is 24.7 Å². The molecule has 2 aromatic heterocycles. The molecule has 2 heterocycles. The molecule has 0 amide bonds. The zero-order valence-corrected chi connectivity index (χ0v) is 13.9. The van der Waals surface area contributed by atoms with Crippen molar-refractivity contribution in [1.82, 2.24) is 19.9 Å². The van der Waals surface area contributed by atoms with E-state index >= 15 is 0 Å². The summed E-state index contributed by atoms with van der Waals surface area (Å²) in [6.07, 6.45) is 2.42. The van der Waals surface area contributed by atoms with E-state index in [2.05, 4.69) is 15.2 Å². The molecule has 0 fully saturated rings. The SMILES string of the molecule is Cc1noc([C@@H](C)OC(=O)c2cnn(Cc3ccccc3Cl)c2)n1. The Balaban J connectivity index is 1.66. The van der Waals surface area contributed by atoms with Crippen LogP contribution in [-0.4, -0.2) is 25.9 Å². The Morgan fingerprint density at radius 1 is 1.42 bits per heavy atom. The smallest absolute Gasteiger partial charge is 0.342 e. The number of ether oxygens (including phenoxy) is 1. The molecule has 1 atom stereocenters. The van der Waals surface area contributed by atoms with Crippen molar-refractivity contribution in [2.45, 2.75) is 26.5 Å². The van der Waals surface area contributed by atoms with Crippen molar-refractivity contribution in [3.05, 3.63) is 64.5 Å². The monoisotopic (exact) mass is 346 g/mol. The van der Waals surface area contributed by atoms with Gasteiger partial charge in [0.15, 0.2) is 11.9 Å². The van der Waals surface area contributed by atoms with Gasteiger partial charge in [-0.2, -0.15) is 10.1 Å². The van der Waals surface area contributed by atoms with Crippen LogP contribution in [0.1, 0.15) is 40.7 Å². The Bertz CT molecular complexity index is 858. The highest BCUT2D eigenvalue weighted by Gasteiger charge is 2.20. The summed E-state index contributed by atoms with van der Waals surface area (Å²) in [5.41, 5.74) is 1.25. The van der Waals surface area contributed by atoms with Crippen molar-refractivity contribution >= 4 is 17.6 Å². The molecule has 124 valence electrons. The molecule has 0 unspecified atom stereocenters. The summed E-state index contributed by atoms with van der Waals surface area (Å²) < 4.78 is 11.9. The second-order valence-corrected chi connectivity index (χ2v) is 5.65. The summed E-state index contributed by atoms with van der Waals surface area (Å²) in [4.78, 5) is 16.2. The van der Waals surface area contributed by atoms with Crippen LogP contribution in [-0.2, 0) is 11.3 Å². The third-order valence-corrected chi connectivity index (χ3v) is 3.70. The minimum absolute atomic E-state index is 0.254. The number of aromatic nitrogens is 4. The van der Waals surface area contributed by atoms with Gasteiger partial charge in [0, 0.05) is 11.2 Å². The summed E-state index contributed by atoms with van der Waals surface area (Å²) in [6, 6.07) is 7.47. The standard InChI is InChI=1S/C16H15ClN4O3/c1-10(15-19-11(2)20-24-15)23-16(22)13-7-18-21(9-13)8-12-5-3-4-6-14(12)17/h3-7,9-10H,8H2,1-2H3/t10-/m1/s1. The minimum atomic E-state index is -0.634. The van der Waals surface area contributed by atoms with Crippen LogP contribution in [0.25, 0.3) is 0 Å². The maximum Gasteiger partial charge on any atom is 0.342 e. The van der Waals surface area contributed by atoms with Gasteiger partial charge >= 0.3 is 5.97 Å². The van der Waals surface area contributed by atoms with E-state index in [0.29, 0.717) is 23.0 Å². The maximum atomic E-state index is 12.2. The number of halogens is 1. The Kier molecular flexibility index (Phi) is 4.61. The van der Waals surface area contributed by atoms with Gasteiger partial charge in [-0.3, -0.25) is 4.68 Å². The summed E-state index contributed by atoms with van der Waals surface area (Å²) in [5.74, 6) is 0.230. The van der Waals surface area contributed by atoms with Gasteiger partial charge < -0.3 is 9.26 Å². The first-order valence-electron chi connectivity index (χ1n) is 7.30. The van der Waals surface area contributed by atoms with E-state index in [-0.39, 0.29) is 5.89 Å². The van der Waals surface area contributed by atoms with Crippen molar-refractivity contribution < 1.29 is 14.1 Å². The number of hydrogen-bond acceptors (Lipinski definition) is 6. The fraction of sp³-hybridized carbons (Fsp3) is 0.250. The molecule has 0 radical (unpaired) electrons. The highest BCUT2D eigenvalue weighted by atomic mass is 35.5. The molecule has 0 spiro atoms. The van der Waals surface area contributed by atoms with Crippen molar-refractivity contribution in [3.8, 4) is 0 Å². The average Bonchev–Trinajstić information content (AvgIpc) is 3.19. The normalized spacial score (nSPS) is 12.1. The zero-order valence-electron chi connectivity index (χ0n) is 13.1. The summed E-state index contributed by atoms with van der Waals surface area (Å²) in [7, 11) is 0. The zero-order chi connectivity index (χ0) is 17.1. The minimum Gasteiger partial charge on any atom is -0.449 e. The fourth-order valence-electron chi connectivity index (χ4n) is 2.11. The number of hydrogen-bond donors (Lipinski definition) is 0. The molecule has 24 heavy (non-hydrogen) atoms. The quantitative estimate of drug-likeness (QED) is 0.660. The van der Waals surface area contributed by atoms with Crippen molar-refractivity contribution in [1.29, 1.82) is 0 Å². The van der Waals surface area contributed by atoms with Gasteiger partial charge in [0.25, 0.3) is 5.89 Å². The molecule has 0 bridgehead atoms. The topological polar surface area (TPSA) is 83.0 Å². The molecule has 0 saturated heterocycles. The lowest BCUT2D eigenvalue weighted by Crippen LogP contribution is -2.09. The molecule has 0 aliphatic heterocycles. The Morgan fingerprint density at radius 3 is 2.92 bits per heavy atom. The Morgan fingerprint density at radius 2 is 2.21 bits per heavy atom. The van der Waals surface area contributed by atoms with Gasteiger partial charge in [0.1, 0.15) is 0 Å². The molecular formula is C16H15ClN4O3. The van der Waals surface area contributed by atoms with Crippen LogP contribution in [0.3, 0.4) is 0 Å². The summed E-state index contributed by atoms with van der Waals surface area (Å²) in [6.45, 7) is 3.82. The molecule has 0 saturated carbocycles. The first kappa shape index (κ1) is 16.2. The molecule has 8 heteroatoms. The molecule has 0 aliphatic carbocycles. The van der Waals surface area contributed by atoms with Crippen LogP contribution < -0.4 is 0 Å². The van der Waals surface area contributed by atoms with Crippen LogP contribution in [0, 0.1) is 6.92 Å². The maximum absolute atomic E-state index is 12.2. The van der Waals surface area contributed by atoms with Crippen LogP contribution in [0.4, 0.5) is 0 Å². The van der Waals surface area contributed by atoms with E-state index in [1.165, 1.54) is 6.20 Å². The predicted octanol–water partition coefficient (Wildman–Crippen LogP) is 3.19. The molecular weight excluding hydrogens is 332 g/mol. The van der Waals surface area contributed by atoms with Crippen molar-refractivity contribution in [2.24, 2.45) is 0 Å². The third kappa shape index (κ3) is 3.62. The van der Waals surface area contributed by atoms with Gasteiger partial charge in [-0.15, -0.1) is 0 Å². The highest BCUT2D eigenvalue weighted by Crippen LogP contribution is 2.18. The number of rotatable bonds is 5. The second-order valence-electron chi connectivity index (χ2n) is 5.25. The first-order chi connectivity index (χ1) is 11.5. The number of aryl methyl sites for hydroxylation is 1. The van der Waals surface area contributed by atoms with E-state index in [1.807, 2.05) is 24.3 Å². The van der Waals surface area contributed by atoms with Crippen molar-refractivity contribution in [2.75, 3.05) is 0 Å². The summed E-state index contributed by atoms with van der Waals surface area (Å²) in [5, 5.41) is 8.48. The van der Waals surface area contributed by atoms with E-state index in [4.69, 9.17) is 20.9 Å². The van der Waals surface area contributed by atoms with E-state index < -0.39 is 12.1 Å². The van der Waals surface area contributed by atoms with Crippen LogP contribution in [0.15, 0.2) is 41.2 Å². The van der Waals surface area contributed by atoms with Crippen molar-refractivity contribution in [3.63, 3.8) is 0 Å². The number of benzene rings is 1. The number of esters is 1. The van der Waals surface area contributed by atoms with Gasteiger partial charge in [-0.05, 0) is 25.5 Å². The van der Waals surface area contributed by atoms with Gasteiger partial charge in [0.05, 0.1) is 18.3 Å². The molecule has 3 aromatic rings. The number of carbonyl (C=O) groups is 1. The molecule has 3 rings (SSSR count). The van der Waals surface area contributed by atoms with Crippen LogP contribution in [0.2, 0.25) is 5.02 Å². The fourth-order valence-corrected chi connectivity index (χ4v) is 2.31. The average molecular weight is 347 g/mol. The van der Waals surface area contributed by atoms with Gasteiger partial charge in [-0.1, -0.05) is 35.0 Å². The Labute approximate surface area is 143 Å². The molecule has 0 N–H and O–H groups in total. The molecule has 0 aliphatic rings. The second kappa shape index (κ2) is 6.84. The van der Waals surface area contributed by atoms with Crippen LogP contribution >= 0.6 is 11.6 Å². The number of carbonyl (C=O) groups excluding carboxylic acids is 1. The van der Waals surface area contributed by atoms with E-state index in [0.717, 1.165) is 5.56 Å². The molecule has 7 nitrogen and oxygen atoms in total. The highest BCUT2D eigenvalue weighted by molar-refractivity contribution is 6.31. The predicted molar refractivity (Wildman–Crippen MR) is 85.6 cm³/mol. The summed E-state index contributed by atoms with van der Waals surface area (Å²) >= 11 is 6.13. The van der Waals surface area contributed by atoms with E-state index in [9.17, 15) is 4.79 Å². The first-order valence-corrected chi connectivity index (χ1v) is 7.68. The number of nitrogens with zero attached hydrogens (tertiary/aromatic N) is 4. The lowest BCUT2D eigenvalue weighted by atomic mass is 10.2. The molecule has 1 aromatic carbocycles. The Hall–Kier alpha value is -2.67. The van der Waals surface area contributed by atoms with Gasteiger partial charge in [-0.25, -0.2) is 4.79 Å². The lowest BCUT2D eigenvalue weighted by molar-refractivity contribution is 0.0265. The van der Waals surface area contributed by atoms with Crippen LogP contribution in [0.5, 0.6) is 0 Å². The van der Waals surface area contributed by atoms with Gasteiger partial charge in [0.2, 0.25) is 0 Å². The lowest BCUT2D eigenvalue weighted by Gasteiger charge is -2.07.